The van der Waals surface area contributed by atoms with E-state index in [0.29, 0.717) is 22.2 Å². The van der Waals surface area contributed by atoms with E-state index in [2.05, 4.69) is 22.5 Å². The minimum absolute atomic E-state index is 0. The van der Waals surface area contributed by atoms with Gasteiger partial charge in [0.15, 0.2) is 0 Å². The minimum Gasteiger partial charge on any atom is -0.486 e. The Hall–Kier alpha value is -1.41. The number of piperidine rings is 1. The van der Waals surface area contributed by atoms with Gasteiger partial charge >= 0.3 is 0 Å². The molecular weight excluding hydrogens is 412 g/mol. The minimum atomic E-state index is -0.302. The highest BCUT2D eigenvalue weighted by atomic mass is 35.5. The molecule has 0 saturated carbocycles. The molecule has 9 heteroatoms. The molecule has 2 aromatic rings. The van der Waals surface area contributed by atoms with Crippen molar-refractivity contribution in [1.82, 2.24) is 15.6 Å². The van der Waals surface area contributed by atoms with Crippen molar-refractivity contribution in [3.63, 3.8) is 0 Å². The summed E-state index contributed by atoms with van der Waals surface area (Å²) in [5.41, 5.74) is 0.710. The molecule has 1 aromatic carbocycles. The SMILES string of the molecule is Cc1nc(COc2ccc(F)cc2)sc1C(=O)NC1CCNCC1C.Cl.Cl. The highest BCUT2D eigenvalue weighted by Gasteiger charge is 2.25. The van der Waals surface area contributed by atoms with Gasteiger partial charge < -0.3 is 15.4 Å². The Kier molecular flexibility index (Phi) is 9.45. The van der Waals surface area contributed by atoms with Crippen molar-refractivity contribution in [2.45, 2.75) is 32.9 Å². The maximum Gasteiger partial charge on any atom is 0.263 e. The molecule has 1 saturated heterocycles. The van der Waals surface area contributed by atoms with Gasteiger partial charge in [0.2, 0.25) is 0 Å². The molecule has 5 nitrogen and oxygen atoms in total. The van der Waals surface area contributed by atoms with Crippen LogP contribution in [0.4, 0.5) is 4.39 Å². The number of carbonyl (C=O) groups is 1. The molecule has 2 unspecified atom stereocenters. The molecule has 1 aliphatic heterocycles. The van der Waals surface area contributed by atoms with E-state index in [1.807, 2.05) is 6.92 Å². The fourth-order valence-corrected chi connectivity index (χ4v) is 3.74. The average molecular weight is 436 g/mol. The second kappa shape index (κ2) is 10.8. The molecule has 2 atom stereocenters. The third kappa shape index (κ3) is 6.31. The van der Waals surface area contributed by atoms with Crippen LogP contribution in [0.3, 0.4) is 0 Å². The Morgan fingerprint density at radius 2 is 2.07 bits per heavy atom. The van der Waals surface area contributed by atoms with Gasteiger partial charge in [-0.25, -0.2) is 9.37 Å². The smallest absolute Gasteiger partial charge is 0.263 e. The van der Waals surface area contributed by atoms with Crippen molar-refractivity contribution in [3.05, 3.63) is 45.7 Å². The van der Waals surface area contributed by atoms with Crippen LogP contribution in [0, 0.1) is 18.7 Å². The van der Waals surface area contributed by atoms with E-state index < -0.39 is 0 Å². The van der Waals surface area contributed by atoms with Gasteiger partial charge in [0.05, 0.1) is 5.69 Å². The van der Waals surface area contributed by atoms with Gasteiger partial charge in [0.25, 0.3) is 5.91 Å². The number of carbonyl (C=O) groups excluding carboxylic acids is 1. The van der Waals surface area contributed by atoms with E-state index in [0.717, 1.165) is 24.5 Å². The van der Waals surface area contributed by atoms with Gasteiger partial charge in [-0.3, -0.25) is 4.79 Å². The standard InChI is InChI=1S/C18H22FN3O2S.2ClH/c1-11-9-20-8-7-15(11)22-18(23)17-12(2)21-16(25-17)10-24-14-5-3-13(19)4-6-14;;/h3-6,11,15,20H,7-10H2,1-2H3,(H,22,23);2*1H. The van der Waals surface area contributed by atoms with Crippen LogP contribution in [-0.2, 0) is 6.61 Å². The highest BCUT2D eigenvalue weighted by Crippen LogP contribution is 2.21. The van der Waals surface area contributed by atoms with E-state index in [1.165, 1.54) is 23.5 Å². The van der Waals surface area contributed by atoms with Crippen molar-refractivity contribution >= 4 is 42.1 Å². The van der Waals surface area contributed by atoms with Gasteiger partial charge in [0.1, 0.15) is 28.1 Å². The molecule has 0 spiro atoms. The van der Waals surface area contributed by atoms with Crippen molar-refractivity contribution in [2.75, 3.05) is 13.1 Å². The first-order valence-corrected chi connectivity index (χ1v) is 9.21. The lowest BCUT2D eigenvalue weighted by molar-refractivity contribution is 0.0917. The lowest BCUT2D eigenvalue weighted by atomic mass is 9.95. The van der Waals surface area contributed by atoms with Crippen LogP contribution in [0.5, 0.6) is 5.75 Å². The lowest BCUT2D eigenvalue weighted by Crippen LogP contribution is -2.48. The summed E-state index contributed by atoms with van der Waals surface area (Å²) in [5, 5.41) is 7.18. The Morgan fingerprint density at radius 1 is 1.37 bits per heavy atom. The zero-order chi connectivity index (χ0) is 17.8. The number of rotatable bonds is 5. The number of benzene rings is 1. The van der Waals surface area contributed by atoms with Crippen LogP contribution in [0.25, 0.3) is 0 Å². The largest absolute Gasteiger partial charge is 0.486 e. The summed E-state index contributed by atoms with van der Waals surface area (Å²) in [6.07, 6.45) is 0.936. The third-order valence-electron chi connectivity index (χ3n) is 4.32. The Morgan fingerprint density at radius 3 is 2.74 bits per heavy atom. The summed E-state index contributed by atoms with van der Waals surface area (Å²) >= 11 is 1.34. The molecule has 0 aliphatic carbocycles. The topological polar surface area (TPSA) is 63.2 Å². The second-order valence-corrected chi connectivity index (χ2v) is 7.40. The fraction of sp³-hybridized carbons (Fsp3) is 0.444. The molecule has 150 valence electrons. The van der Waals surface area contributed by atoms with E-state index in [4.69, 9.17) is 4.74 Å². The molecule has 1 aliphatic rings. The summed E-state index contributed by atoms with van der Waals surface area (Å²) < 4.78 is 18.5. The Balaban J connectivity index is 0.00000182. The fourth-order valence-electron chi connectivity index (χ4n) is 2.86. The van der Waals surface area contributed by atoms with Crippen molar-refractivity contribution < 1.29 is 13.9 Å². The number of ether oxygens (including phenoxy) is 1. The van der Waals surface area contributed by atoms with Crippen LogP contribution in [0.15, 0.2) is 24.3 Å². The molecule has 27 heavy (non-hydrogen) atoms. The summed E-state index contributed by atoms with van der Waals surface area (Å²) in [6, 6.07) is 6.03. The number of nitrogens with one attached hydrogen (secondary N) is 2. The van der Waals surface area contributed by atoms with Crippen LogP contribution < -0.4 is 15.4 Å². The Bertz CT molecular complexity index is 743. The lowest BCUT2D eigenvalue weighted by Gasteiger charge is -2.30. The van der Waals surface area contributed by atoms with Gasteiger partial charge in [-0.1, -0.05) is 6.92 Å². The second-order valence-electron chi connectivity index (χ2n) is 6.31. The number of hydrogen-bond acceptors (Lipinski definition) is 5. The molecular formula is C18H24Cl2FN3O2S. The first-order chi connectivity index (χ1) is 12.0. The first-order valence-electron chi connectivity index (χ1n) is 8.39. The van der Waals surface area contributed by atoms with Crippen molar-refractivity contribution in [1.29, 1.82) is 0 Å². The van der Waals surface area contributed by atoms with Gasteiger partial charge in [-0.15, -0.1) is 36.2 Å². The monoisotopic (exact) mass is 435 g/mol. The highest BCUT2D eigenvalue weighted by molar-refractivity contribution is 7.13. The molecule has 1 aromatic heterocycles. The number of amides is 1. The molecule has 0 bridgehead atoms. The van der Waals surface area contributed by atoms with Gasteiger partial charge in [-0.05, 0) is 56.6 Å². The molecule has 3 rings (SSSR count). The van der Waals surface area contributed by atoms with E-state index >= 15 is 0 Å². The van der Waals surface area contributed by atoms with Crippen LogP contribution in [0.1, 0.15) is 33.7 Å². The summed E-state index contributed by atoms with van der Waals surface area (Å²) in [6.45, 7) is 6.07. The first kappa shape index (κ1) is 23.6. The van der Waals surface area contributed by atoms with Crippen LogP contribution >= 0.6 is 36.2 Å². The summed E-state index contributed by atoms with van der Waals surface area (Å²) in [7, 11) is 0. The number of hydrogen-bond donors (Lipinski definition) is 2. The number of thiazole rings is 1. The Labute approximate surface area is 174 Å². The van der Waals surface area contributed by atoms with Crippen LogP contribution in [0.2, 0.25) is 0 Å². The molecule has 2 N–H and O–H groups in total. The maximum absolute atomic E-state index is 12.9. The van der Waals surface area contributed by atoms with E-state index in [1.54, 1.807) is 12.1 Å². The average Bonchev–Trinajstić information content (AvgIpc) is 2.97. The zero-order valence-electron chi connectivity index (χ0n) is 15.2. The van der Waals surface area contributed by atoms with E-state index in [9.17, 15) is 9.18 Å². The molecule has 1 amide bonds. The predicted octanol–water partition coefficient (Wildman–Crippen LogP) is 3.74. The van der Waals surface area contributed by atoms with Gasteiger partial charge in [0, 0.05) is 6.04 Å². The quantitative estimate of drug-likeness (QED) is 0.750. The number of aromatic nitrogens is 1. The maximum atomic E-state index is 12.9. The van der Waals surface area contributed by atoms with Crippen LogP contribution in [-0.4, -0.2) is 30.0 Å². The number of nitrogens with zero attached hydrogens (tertiary/aromatic N) is 1. The molecule has 2 heterocycles. The van der Waals surface area contributed by atoms with Crippen molar-refractivity contribution in [2.24, 2.45) is 5.92 Å². The third-order valence-corrected chi connectivity index (χ3v) is 5.45. The molecule has 0 radical (unpaired) electrons. The molecule has 1 fully saturated rings. The van der Waals surface area contributed by atoms with Crippen molar-refractivity contribution in [3.8, 4) is 5.75 Å². The number of halogens is 3. The normalized spacial score (nSPS) is 18.8. The van der Waals surface area contributed by atoms with E-state index in [-0.39, 0.29) is 49.2 Å². The summed E-state index contributed by atoms with van der Waals surface area (Å²) in [5.74, 6) is 0.612. The predicted molar refractivity (Wildman–Crippen MR) is 110 cm³/mol. The zero-order valence-corrected chi connectivity index (χ0v) is 17.6. The van der Waals surface area contributed by atoms with Gasteiger partial charge in [-0.2, -0.15) is 0 Å². The summed E-state index contributed by atoms with van der Waals surface area (Å²) in [4.78, 5) is 17.6. The number of aryl methyl sites for hydroxylation is 1.